The second-order valence-corrected chi connectivity index (χ2v) is 7.00. The van der Waals surface area contributed by atoms with E-state index in [1.54, 1.807) is 0 Å². The lowest BCUT2D eigenvalue weighted by molar-refractivity contribution is 0.313. The van der Waals surface area contributed by atoms with E-state index in [1.807, 2.05) is 0 Å². The van der Waals surface area contributed by atoms with Crippen LogP contribution in [0, 0.1) is 6.92 Å². The fraction of sp³-hybridized carbons (Fsp3) is 0.579. The van der Waals surface area contributed by atoms with Crippen LogP contribution in [0.5, 0.6) is 0 Å². The number of rotatable bonds is 8. The number of hydrogen-bond donors (Lipinski definition) is 2. The molecule has 136 valence electrons. The maximum Gasteiger partial charge on any atom is 0.191 e. The maximum atomic E-state index is 6.12. The monoisotopic (exact) mass is 342 g/mol. The van der Waals surface area contributed by atoms with Crippen LogP contribution in [0.3, 0.4) is 0 Å². The fourth-order valence-electron chi connectivity index (χ4n) is 3.53. The minimum atomic E-state index is 0.440. The van der Waals surface area contributed by atoms with Gasteiger partial charge in [-0.25, -0.2) is 0 Å². The predicted molar refractivity (Wildman–Crippen MR) is 104 cm³/mol. The summed E-state index contributed by atoms with van der Waals surface area (Å²) in [5, 5.41) is 0. The quantitative estimate of drug-likeness (QED) is 0.698. The molecule has 0 amide bonds. The van der Waals surface area contributed by atoms with Crippen LogP contribution in [0.2, 0.25) is 0 Å². The van der Waals surface area contributed by atoms with Gasteiger partial charge in [-0.2, -0.15) is 0 Å². The third kappa shape index (κ3) is 4.65. The van der Waals surface area contributed by atoms with E-state index in [2.05, 4.69) is 51.0 Å². The molecule has 0 spiro atoms. The molecule has 0 aliphatic carbocycles. The highest BCUT2D eigenvalue weighted by molar-refractivity contribution is 5.80. The van der Waals surface area contributed by atoms with Crippen molar-refractivity contribution >= 4 is 11.9 Å². The van der Waals surface area contributed by atoms with Gasteiger partial charge in [-0.3, -0.25) is 9.98 Å². The van der Waals surface area contributed by atoms with Gasteiger partial charge in [0.25, 0.3) is 0 Å². The van der Waals surface area contributed by atoms with Gasteiger partial charge in [-0.1, -0.05) is 29.8 Å². The Morgan fingerprint density at radius 3 is 2.56 bits per heavy atom. The van der Waals surface area contributed by atoms with Gasteiger partial charge in [-0.05, 0) is 38.2 Å². The normalized spacial score (nSPS) is 20.1. The number of guanidine groups is 2. The van der Waals surface area contributed by atoms with Gasteiger partial charge in [0.2, 0.25) is 0 Å². The molecule has 0 radical (unpaired) electrons. The van der Waals surface area contributed by atoms with Crippen LogP contribution in [0.4, 0.5) is 0 Å². The summed E-state index contributed by atoms with van der Waals surface area (Å²) in [4.78, 5) is 13.2. The zero-order valence-electron chi connectivity index (χ0n) is 15.2. The van der Waals surface area contributed by atoms with Crippen molar-refractivity contribution in [2.45, 2.75) is 38.6 Å². The summed E-state index contributed by atoms with van der Waals surface area (Å²) in [5.41, 5.74) is 14.6. The van der Waals surface area contributed by atoms with Crippen LogP contribution in [0.25, 0.3) is 0 Å². The van der Waals surface area contributed by atoms with Crippen LogP contribution < -0.4 is 11.5 Å². The van der Waals surface area contributed by atoms with Gasteiger partial charge >= 0.3 is 0 Å². The molecule has 1 atom stereocenters. The lowest BCUT2D eigenvalue weighted by Gasteiger charge is -2.26. The Bertz CT molecular complexity index is 621. The van der Waals surface area contributed by atoms with Crippen molar-refractivity contribution < 1.29 is 0 Å². The average molecular weight is 342 g/mol. The first-order valence-electron chi connectivity index (χ1n) is 9.30. The molecule has 0 saturated carbocycles. The van der Waals surface area contributed by atoms with Crippen molar-refractivity contribution in [1.29, 1.82) is 0 Å². The summed E-state index contributed by atoms with van der Waals surface area (Å²) in [7, 11) is 0. The predicted octanol–water partition coefficient (Wildman–Crippen LogP) is 1.34. The number of nitrogens with two attached hydrogens (primary N) is 2. The van der Waals surface area contributed by atoms with Crippen molar-refractivity contribution in [2.75, 3.05) is 32.7 Å². The second kappa shape index (κ2) is 8.23. The molecule has 4 N–H and O–H groups in total. The third-order valence-electron chi connectivity index (χ3n) is 5.14. The zero-order chi connectivity index (χ0) is 17.6. The van der Waals surface area contributed by atoms with Crippen LogP contribution in [-0.4, -0.2) is 60.5 Å². The van der Waals surface area contributed by atoms with Gasteiger partial charge < -0.3 is 21.3 Å². The first-order chi connectivity index (χ1) is 12.1. The van der Waals surface area contributed by atoms with E-state index in [4.69, 9.17) is 11.5 Å². The molecule has 6 nitrogen and oxygen atoms in total. The third-order valence-corrected chi connectivity index (χ3v) is 5.14. The average Bonchev–Trinajstić information content (AvgIpc) is 3.17. The number of nitrogens with zero attached hydrogens (tertiary/aromatic N) is 4. The highest BCUT2D eigenvalue weighted by atomic mass is 15.3. The van der Waals surface area contributed by atoms with Gasteiger partial charge in [0, 0.05) is 19.6 Å². The molecule has 0 saturated heterocycles. The van der Waals surface area contributed by atoms with Gasteiger partial charge in [-0.15, -0.1) is 0 Å². The maximum absolute atomic E-state index is 6.12. The second-order valence-electron chi connectivity index (χ2n) is 7.00. The molecule has 25 heavy (non-hydrogen) atoms. The Morgan fingerprint density at radius 1 is 1.04 bits per heavy atom. The van der Waals surface area contributed by atoms with E-state index >= 15 is 0 Å². The molecule has 1 aromatic rings. The van der Waals surface area contributed by atoms with E-state index in [1.165, 1.54) is 11.1 Å². The number of aliphatic imine (C=N–C) groups is 2. The molecule has 0 aromatic heterocycles. The van der Waals surface area contributed by atoms with Crippen LogP contribution >= 0.6 is 0 Å². The van der Waals surface area contributed by atoms with Crippen molar-refractivity contribution in [3.63, 3.8) is 0 Å². The van der Waals surface area contributed by atoms with Crippen molar-refractivity contribution in [1.82, 2.24) is 9.80 Å². The summed E-state index contributed by atoms with van der Waals surface area (Å²) in [6.45, 7) is 6.69. The first kappa shape index (κ1) is 17.6. The number of hydrogen-bond acceptors (Lipinski definition) is 6. The first-order valence-corrected chi connectivity index (χ1v) is 9.30. The Balaban J connectivity index is 1.41. The fourth-order valence-corrected chi connectivity index (χ4v) is 3.53. The molecule has 6 heteroatoms. The summed E-state index contributed by atoms with van der Waals surface area (Å²) in [5.74, 6) is 1.40. The summed E-state index contributed by atoms with van der Waals surface area (Å²) in [6.07, 6.45) is 4.44. The Hall–Kier alpha value is -2.24. The highest BCUT2D eigenvalue weighted by Crippen LogP contribution is 2.16. The molecule has 2 aliphatic rings. The largest absolute Gasteiger partial charge is 0.370 e. The van der Waals surface area contributed by atoms with E-state index < -0.39 is 0 Å². The van der Waals surface area contributed by atoms with Crippen molar-refractivity contribution in [3.8, 4) is 0 Å². The number of aryl methyl sites for hydroxylation is 1. The summed E-state index contributed by atoms with van der Waals surface area (Å²) in [6, 6.07) is 9.18. The Morgan fingerprint density at radius 2 is 1.84 bits per heavy atom. The smallest absolute Gasteiger partial charge is 0.191 e. The topological polar surface area (TPSA) is 83.2 Å². The standard InChI is InChI=1S/C19H30N6/c1-15-5-7-16(8-6-15)9-12-25-17(14-23-19(25)21)4-2-3-11-24-13-10-22-18(24)20/h5-8,17H,2-4,9-14H2,1H3,(H2,20,22)(H2,21,23)/t17-/m0/s1. The van der Waals surface area contributed by atoms with Gasteiger partial charge in [0.1, 0.15) is 0 Å². The number of benzene rings is 1. The molecule has 0 unspecified atom stereocenters. The molecular weight excluding hydrogens is 312 g/mol. The Labute approximate surface area is 150 Å². The van der Waals surface area contributed by atoms with E-state index in [0.717, 1.165) is 58.4 Å². The van der Waals surface area contributed by atoms with Crippen LogP contribution in [0.15, 0.2) is 34.3 Å². The molecule has 2 heterocycles. The lowest BCUT2D eigenvalue weighted by Crippen LogP contribution is -2.42. The Kier molecular flexibility index (Phi) is 5.79. The number of unbranched alkanes of at least 4 members (excludes halogenated alkanes) is 1. The van der Waals surface area contributed by atoms with Gasteiger partial charge in [0.05, 0.1) is 19.1 Å². The van der Waals surface area contributed by atoms with Crippen molar-refractivity contribution in [3.05, 3.63) is 35.4 Å². The van der Waals surface area contributed by atoms with Crippen LogP contribution in [0.1, 0.15) is 30.4 Å². The van der Waals surface area contributed by atoms with E-state index in [9.17, 15) is 0 Å². The minimum absolute atomic E-state index is 0.440. The van der Waals surface area contributed by atoms with Gasteiger partial charge in [0.15, 0.2) is 11.9 Å². The molecule has 0 bridgehead atoms. The lowest BCUT2D eigenvalue weighted by atomic mass is 10.1. The van der Waals surface area contributed by atoms with Crippen molar-refractivity contribution in [2.24, 2.45) is 21.5 Å². The van der Waals surface area contributed by atoms with Crippen LogP contribution in [-0.2, 0) is 6.42 Å². The minimum Gasteiger partial charge on any atom is -0.370 e. The van der Waals surface area contributed by atoms with E-state index in [0.29, 0.717) is 18.0 Å². The zero-order valence-corrected chi connectivity index (χ0v) is 15.2. The van der Waals surface area contributed by atoms with E-state index in [-0.39, 0.29) is 0 Å². The molecule has 2 aliphatic heterocycles. The molecular formula is C19H30N6. The molecule has 1 aromatic carbocycles. The molecule has 3 rings (SSSR count). The summed E-state index contributed by atoms with van der Waals surface area (Å²) < 4.78 is 0. The highest BCUT2D eigenvalue weighted by Gasteiger charge is 2.25. The SMILES string of the molecule is Cc1ccc(CCN2C(N)=NC[C@@H]2CCCCN2CCN=C2N)cc1. The molecule has 0 fully saturated rings. The summed E-state index contributed by atoms with van der Waals surface area (Å²) >= 11 is 0.